The van der Waals surface area contributed by atoms with Crippen LogP contribution in [0.25, 0.3) is 0 Å². The maximum absolute atomic E-state index is 5.64. The molecule has 2 atom stereocenters. The minimum Gasteiger partial charge on any atom is -0.330 e. The summed E-state index contributed by atoms with van der Waals surface area (Å²) in [6.45, 7) is 5.63. The van der Waals surface area contributed by atoms with Gasteiger partial charge in [-0.25, -0.2) is 0 Å². The molecular formula is C15H21N. The van der Waals surface area contributed by atoms with Gasteiger partial charge in [-0.1, -0.05) is 32.0 Å². The van der Waals surface area contributed by atoms with Crippen LogP contribution in [0.3, 0.4) is 0 Å². The van der Waals surface area contributed by atoms with Gasteiger partial charge in [0.2, 0.25) is 0 Å². The van der Waals surface area contributed by atoms with Gasteiger partial charge in [0.1, 0.15) is 0 Å². The van der Waals surface area contributed by atoms with Crippen molar-refractivity contribution in [2.75, 3.05) is 6.54 Å². The van der Waals surface area contributed by atoms with E-state index in [9.17, 15) is 0 Å². The van der Waals surface area contributed by atoms with E-state index < -0.39 is 0 Å². The maximum Gasteiger partial charge on any atom is -0.00367 e. The number of fused-ring (bicyclic) bond motifs is 5. The highest BCUT2D eigenvalue weighted by atomic mass is 14.6. The van der Waals surface area contributed by atoms with Crippen molar-refractivity contribution in [2.45, 2.75) is 50.4 Å². The van der Waals surface area contributed by atoms with Crippen LogP contribution in [-0.4, -0.2) is 6.54 Å². The Balaban J connectivity index is 2.11. The molecule has 0 aromatic heterocycles. The van der Waals surface area contributed by atoms with Crippen molar-refractivity contribution in [3.8, 4) is 0 Å². The van der Waals surface area contributed by atoms with Gasteiger partial charge >= 0.3 is 0 Å². The molecule has 1 aromatic carbocycles. The lowest BCUT2D eigenvalue weighted by molar-refractivity contribution is 0.484. The van der Waals surface area contributed by atoms with Gasteiger partial charge in [-0.2, -0.15) is 0 Å². The van der Waals surface area contributed by atoms with Crippen LogP contribution in [0.15, 0.2) is 18.2 Å². The second-order valence-corrected chi connectivity index (χ2v) is 6.22. The van der Waals surface area contributed by atoms with Gasteiger partial charge in [-0.15, -0.1) is 0 Å². The Bertz CT molecular complexity index is 437. The average Bonchev–Trinajstić information content (AvgIpc) is 2.67. The Morgan fingerprint density at radius 2 is 1.81 bits per heavy atom. The Hall–Kier alpha value is -0.820. The standard InChI is InChI=1S/C15H21N/c1-14-6-7-15(2,10-14)13-9-11(5-8-16)3-4-12(13)14/h3-4,9H,5-8,10,16H2,1-2H3/t14-,15+/m1/s1. The largest absolute Gasteiger partial charge is 0.330 e. The first-order valence-corrected chi connectivity index (χ1v) is 6.41. The molecule has 2 bridgehead atoms. The van der Waals surface area contributed by atoms with Crippen LogP contribution in [0.4, 0.5) is 0 Å². The molecule has 0 aliphatic heterocycles. The molecule has 2 aliphatic rings. The van der Waals surface area contributed by atoms with Crippen LogP contribution >= 0.6 is 0 Å². The predicted octanol–water partition coefficient (Wildman–Crippen LogP) is 2.90. The van der Waals surface area contributed by atoms with Gasteiger partial charge < -0.3 is 5.73 Å². The Kier molecular flexibility index (Phi) is 2.00. The summed E-state index contributed by atoms with van der Waals surface area (Å²) in [6, 6.07) is 7.07. The Labute approximate surface area is 98.0 Å². The first-order valence-electron chi connectivity index (χ1n) is 6.41. The predicted molar refractivity (Wildman–Crippen MR) is 67.8 cm³/mol. The minimum atomic E-state index is 0.453. The molecule has 3 rings (SSSR count). The van der Waals surface area contributed by atoms with E-state index in [4.69, 9.17) is 5.73 Å². The van der Waals surface area contributed by atoms with Crippen LogP contribution in [0.1, 0.15) is 49.8 Å². The molecule has 1 aromatic rings. The molecule has 0 heterocycles. The molecule has 2 N–H and O–H groups in total. The number of hydrogen-bond donors (Lipinski definition) is 1. The highest BCUT2D eigenvalue weighted by molar-refractivity contribution is 5.50. The topological polar surface area (TPSA) is 26.0 Å². The molecule has 0 saturated heterocycles. The number of hydrogen-bond acceptors (Lipinski definition) is 1. The molecule has 0 unspecified atom stereocenters. The van der Waals surface area contributed by atoms with E-state index in [1.807, 2.05) is 0 Å². The van der Waals surface area contributed by atoms with Gasteiger partial charge in [0.05, 0.1) is 0 Å². The van der Waals surface area contributed by atoms with E-state index in [2.05, 4.69) is 32.0 Å². The Morgan fingerprint density at radius 3 is 2.50 bits per heavy atom. The van der Waals surface area contributed by atoms with E-state index in [1.54, 1.807) is 11.1 Å². The van der Waals surface area contributed by atoms with Crippen LogP contribution in [-0.2, 0) is 17.3 Å². The van der Waals surface area contributed by atoms with Gasteiger partial charge in [-0.3, -0.25) is 0 Å². The van der Waals surface area contributed by atoms with Crippen LogP contribution < -0.4 is 5.73 Å². The molecule has 1 heteroatoms. The van der Waals surface area contributed by atoms with Crippen molar-refractivity contribution in [3.05, 3.63) is 34.9 Å². The summed E-state index contributed by atoms with van der Waals surface area (Å²) in [5.41, 5.74) is 11.2. The molecule has 1 nitrogen and oxygen atoms in total. The first kappa shape index (κ1) is 10.3. The summed E-state index contributed by atoms with van der Waals surface area (Å²) in [6.07, 6.45) is 5.09. The van der Waals surface area contributed by atoms with E-state index in [0.717, 1.165) is 13.0 Å². The fourth-order valence-electron chi connectivity index (χ4n) is 3.99. The second-order valence-electron chi connectivity index (χ2n) is 6.22. The van der Waals surface area contributed by atoms with Crippen molar-refractivity contribution in [2.24, 2.45) is 5.73 Å². The summed E-state index contributed by atoms with van der Waals surface area (Å²) >= 11 is 0. The molecule has 86 valence electrons. The zero-order valence-electron chi connectivity index (χ0n) is 10.3. The highest BCUT2D eigenvalue weighted by Gasteiger charge is 2.52. The first-order chi connectivity index (χ1) is 7.57. The summed E-state index contributed by atoms with van der Waals surface area (Å²) in [4.78, 5) is 0. The minimum absolute atomic E-state index is 0.453. The normalized spacial score (nSPS) is 35.4. The summed E-state index contributed by atoms with van der Waals surface area (Å²) in [5.74, 6) is 0. The van der Waals surface area contributed by atoms with Crippen molar-refractivity contribution in [1.82, 2.24) is 0 Å². The number of nitrogens with two attached hydrogens (primary N) is 1. The molecule has 1 fully saturated rings. The van der Waals surface area contributed by atoms with Gasteiger partial charge in [0.15, 0.2) is 0 Å². The molecular weight excluding hydrogens is 194 g/mol. The van der Waals surface area contributed by atoms with Gasteiger partial charge in [0.25, 0.3) is 0 Å². The zero-order valence-corrected chi connectivity index (χ0v) is 10.3. The van der Waals surface area contributed by atoms with E-state index >= 15 is 0 Å². The molecule has 0 spiro atoms. The fourth-order valence-corrected chi connectivity index (χ4v) is 3.99. The van der Waals surface area contributed by atoms with Crippen molar-refractivity contribution in [3.63, 3.8) is 0 Å². The summed E-state index contributed by atoms with van der Waals surface area (Å²) < 4.78 is 0. The molecule has 2 aliphatic carbocycles. The Morgan fingerprint density at radius 1 is 1.12 bits per heavy atom. The highest BCUT2D eigenvalue weighted by Crippen LogP contribution is 2.60. The van der Waals surface area contributed by atoms with E-state index in [0.29, 0.717) is 10.8 Å². The second kappa shape index (κ2) is 3.10. The smallest absolute Gasteiger partial charge is 0.00367 e. The van der Waals surface area contributed by atoms with Crippen molar-refractivity contribution < 1.29 is 0 Å². The number of benzene rings is 1. The quantitative estimate of drug-likeness (QED) is 0.806. The average molecular weight is 215 g/mol. The molecule has 16 heavy (non-hydrogen) atoms. The monoisotopic (exact) mass is 215 g/mol. The van der Waals surface area contributed by atoms with Crippen LogP contribution in [0, 0.1) is 0 Å². The summed E-state index contributed by atoms with van der Waals surface area (Å²) in [7, 11) is 0. The number of rotatable bonds is 2. The molecule has 0 amide bonds. The van der Waals surface area contributed by atoms with Gasteiger partial charge in [0, 0.05) is 0 Å². The fraction of sp³-hybridized carbons (Fsp3) is 0.600. The maximum atomic E-state index is 5.64. The molecule has 1 saturated carbocycles. The van der Waals surface area contributed by atoms with Crippen molar-refractivity contribution >= 4 is 0 Å². The third-order valence-electron chi connectivity index (χ3n) is 4.83. The van der Waals surface area contributed by atoms with Crippen LogP contribution in [0.2, 0.25) is 0 Å². The third-order valence-corrected chi connectivity index (χ3v) is 4.83. The van der Waals surface area contributed by atoms with E-state index in [1.165, 1.54) is 24.8 Å². The lowest BCUT2D eigenvalue weighted by Gasteiger charge is -2.27. The van der Waals surface area contributed by atoms with E-state index in [-0.39, 0.29) is 0 Å². The summed E-state index contributed by atoms with van der Waals surface area (Å²) in [5, 5.41) is 0. The lowest BCUT2D eigenvalue weighted by atomic mass is 9.77. The molecule has 0 radical (unpaired) electrons. The van der Waals surface area contributed by atoms with Crippen molar-refractivity contribution in [1.29, 1.82) is 0 Å². The van der Waals surface area contributed by atoms with Gasteiger partial charge in [-0.05, 0) is 59.7 Å². The SMILES string of the molecule is C[C@]12CC[C@](C)(C1)c1ccc(CCN)cc12. The third kappa shape index (κ3) is 1.21. The van der Waals surface area contributed by atoms with Crippen LogP contribution in [0.5, 0.6) is 0 Å². The lowest BCUT2D eigenvalue weighted by Crippen LogP contribution is -2.18. The zero-order chi connectivity index (χ0) is 11.4.